The van der Waals surface area contributed by atoms with Crippen molar-refractivity contribution in [1.29, 1.82) is 5.26 Å². The van der Waals surface area contributed by atoms with Gasteiger partial charge in [0.05, 0.1) is 22.5 Å². The van der Waals surface area contributed by atoms with Crippen molar-refractivity contribution in [2.24, 2.45) is 5.92 Å². The Morgan fingerprint density at radius 1 is 1.33 bits per heavy atom. The molecule has 1 unspecified atom stereocenters. The normalized spacial score (nSPS) is 21.6. The van der Waals surface area contributed by atoms with Crippen molar-refractivity contribution in [3.05, 3.63) is 59.7 Å². The number of fused-ring (bicyclic) bond motifs is 1. The molecule has 1 aromatic carbocycles. The van der Waals surface area contributed by atoms with Crippen LogP contribution >= 0.6 is 11.3 Å². The molecular weight excluding hydrogens is 405 g/mol. The summed E-state index contributed by atoms with van der Waals surface area (Å²) >= 11 is 1.25. The number of amides is 1. The largest absolute Gasteiger partial charge is 0.457 e. The fourth-order valence-electron chi connectivity index (χ4n) is 3.82. The molecule has 2 aromatic heterocycles. The molecule has 2 fully saturated rings. The van der Waals surface area contributed by atoms with Gasteiger partial charge in [-0.05, 0) is 36.8 Å². The number of nitrogens with zero attached hydrogens (tertiary/aromatic N) is 4. The first-order chi connectivity index (χ1) is 14.6. The standard InChI is InChI=1S/C21H16FN5O2S/c22-14-1-3-15(4-2-14)29-17-5-6-24-8-16(17)18-9-25-20(30-18)19(28)26-21-7-13(21)10-27(11-21)12-23/h1-6,8-9,13H,7,10-11H2,(H,26,28)/t13?,21-/m0/s1. The van der Waals surface area contributed by atoms with Gasteiger partial charge in [-0.1, -0.05) is 0 Å². The predicted molar refractivity (Wildman–Crippen MR) is 107 cm³/mol. The van der Waals surface area contributed by atoms with E-state index in [-0.39, 0.29) is 17.3 Å². The monoisotopic (exact) mass is 421 g/mol. The van der Waals surface area contributed by atoms with Gasteiger partial charge in [-0.25, -0.2) is 9.37 Å². The highest BCUT2D eigenvalue weighted by Gasteiger charge is 2.61. The highest BCUT2D eigenvalue weighted by molar-refractivity contribution is 7.17. The minimum atomic E-state index is -0.340. The van der Waals surface area contributed by atoms with E-state index in [2.05, 4.69) is 21.5 Å². The Morgan fingerprint density at radius 2 is 2.17 bits per heavy atom. The van der Waals surface area contributed by atoms with E-state index in [1.807, 2.05) is 0 Å². The summed E-state index contributed by atoms with van der Waals surface area (Å²) in [4.78, 5) is 23.6. The van der Waals surface area contributed by atoms with E-state index in [0.29, 0.717) is 41.1 Å². The third-order valence-corrected chi connectivity index (χ3v) is 6.47. The van der Waals surface area contributed by atoms with Gasteiger partial charge < -0.3 is 15.0 Å². The summed E-state index contributed by atoms with van der Waals surface area (Å²) in [5, 5.41) is 12.5. The number of nitrogens with one attached hydrogen (secondary N) is 1. The lowest BCUT2D eigenvalue weighted by Gasteiger charge is -2.16. The molecule has 1 saturated heterocycles. The summed E-state index contributed by atoms with van der Waals surface area (Å²) in [7, 11) is 0. The molecule has 0 radical (unpaired) electrons. The maximum atomic E-state index is 13.1. The number of likely N-dealkylation sites (tertiary alicyclic amines) is 1. The maximum Gasteiger partial charge on any atom is 0.280 e. The van der Waals surface area contributed by atoms with Gasteiger partial charge in [-0.2, -0.15) is 5.26 Å². The summed E-state index contributed by atoms with van der Waals surface area (Å²) in [6, 6.07) is 7.45. The van der Waals surface area contributed by atoms with E-state index >= 15 is 0 Å². The molecule has 1 N–H and O–H groups in total. The molecule has 1 amide bonds. The van der Waals surface area contributed by atoms with Crippen molar-refractivity contribution >= 4 is 17.2 Å². The van der Waals surface area contributed by atoms with Crippen LogP contribution in [0.25, 0.3) is 10.4 Å². The van der Waals surface area contributed by atoms with E-state index < -0.39 is 0 Å². The number of carbonyl (C=O) groups excluding carboxylic acids is 1. The Kier molecular flexibility index (Phi) is 4.37. The Balaban J connectivity index is 1.34. The molecule has 2 atom stereocenters. The van der Waals surface area contributed by atoms with Crippen LogP contribution in [0, 0.1) is 23.2 Å². The first-order valence-electron chi connectivity index (χ1n) is 9.37. The first kappa shape index (κ1) is 18.5. The molecule has 150 valence electrons. The summed E-state index contributed by atoms with van der Waals surface area (Å²) < 4.78 is 19.0. The third kappa shape index (κ3) is 3.35. The minimum absolute atomic E-state index is 0.238. The molecule has 9 heteroatoms. The molecule has 1 aliphatic carbocycles. The molecule has 3 aromatic rings. The fourth-order valence-corrected chi connectivity index (χ4v) is 4.65. The van der Waals surface area contributed by atoms with Gasteiger partial charge in [-0.15, -0.1) is 11.3 Å². The molecule has 0 spiro atoms. The van der Waals surface area contributed by atoms with E-state index in [1.165, 1.54) is 23.5 Å². The lowest BCUT2D eigenvalue weighted by molar-refractivity contribution is 0.0929. The molecule has 0 bridgehead atoms. The van der Waals surface area contributed by atoms with Gasteiger partial charge in [0, 0.05) is 31.1 Å². The number of thiazole rings is 1. The van der Waals surface area contributed by atoms with Gasteiger partial charge >= 0.3 is 0 Å². The van der Waals surface area contributed by atoms with Crippen LogP contribution in [0.15, 0.2) is 48.9 Å². The van der Waals surface area contributed by atoms with E-state index in [0.717, 1.165) is 11.3 Å². The van der Waals surface area contributed by atoms with Crippen molar-refractivity contribution in [3.63, 3.8) is 0 Å². The number of carbonyl (C=O) groups is 1. The van der Waals surface area contributed by atoms with Crippen LogP contribution in [-0.2, 0) is 0 Å². The lowest BCUT2D eigenvalue weighted by atomic mass is 10.2. The van der Waals surface area contributed by atoms with Gasteiger partial charge in [0.2, 0.25) is 0 Å². The highest BCUT2D eigenvalue weighted by atomic mass is 32.1. The Morgan fingerprint density at radius 3 is 2.93 bits per heavy atom. The summed E-state index contributed by atoms with van der Waals surface area (Å²) in [5.74, 6) is 0.781. The fraction of sp³-hybridized carbons (Fsp3) is 0.238. The topological polar surface area (TPSA) is 91.1 Å². The molecular formula is C21H16FN5O2S. The maximum absolute atomic E-state index is 13.1. The van der Waals surface area contributed by atoms with Crippen LogP contribution in [0.3, 0.4) is 0 Å². The average molecular weight is 421 g/mol. The van der Waals surface area contributed by atoms with Crippen molar-refractivity contribution < 1.29 is 13.9 Å². The summed E-state index contributed by atoms with van der Waals surface area (Å²) in [6.45, 7) is 1.25. The van der Waals surface area contributed by atoms with Crippen LogP contribution in [-0.4, -0.2) is 39.4 Å². The van der Waals surface area contributed by atoms with E-state index in [9.17, 15) is 9.18 Å². The summed E-state index contributed by atoms with van der Waals surface area (Å²) in [6.07, 6.45) is 7.90. The first-order valence-corrected chi connectivity index (χ1v) is 10.2. The van der Waals surface area contributed by atoms with Gasteiger partial charge in [0.15, 0.2) is 11.2 Å². The zero-order valence-electron chi connectivity index (χ0n) is 15.7. The van der Waals surface area contributed by atoms with Crippen molar-refractivity contribution in [3.8, 4) is 28.1 Å². The number of ether oxygens (including phenoxy) is 1. The smallest absolute Gasteiger partial charge is 0.280 e. The molecule has 5 rings (SSSR count). The number of rotatable bonds is 5. The third-order valence-electron chi connectivity index (χ3n) is 5.44. The molecule has 1 aliphatic heterocycles. The van der Waals surface area contributed by atoms with E-state index in [1.54, 1.807) is 41.7 Å². The molecule has 2 aliphatic rings. The van der Waals surface area contributed by atoms with E-state index in [4.69, 9.17) is 10.00 Å². The van der Waals surface area contributed by atoms with Crippen LogP contribution in [0.1, 0.15) is 16.2 Å². The number of hydrogen-bond donors (Lipinski definition) is 1. The predicted octanol–water partition coefficient (Wildman–Crippen LogP) is 3.42. The van der Waals surface area contributed by atoms with Crippen LogP contribution < -0.4 is 10.1 Å². The number of halogens is 1. The molecule has 30 heavy (non-hydrogen) atoms. The van der Waals surface area contributed by atoms with Crippen LogP contribution in [0.4, 0.5) is 4.39 Å². The second-order valence-corrected chi connectivity index (χ2v) is 8.48. The van der Waals surface area contributed by atoms with Crippen LogP contribution in [0.2, 0.25) is 0 Å². The average Bonchev–Trinajstić information content (AvgIpc) is 3.10. The molecule has 3 heterocycles. The minimum Gasteiger partial charge on any atom is -0.457 e. The second-order valence-electron chi connectivity index (χ2n) is 7.45. The zero-order chi connectivity index (χ0) is 20.7. The van der Waals surface area contributed by atoms with Crippen molar-refractivity contribution in [1.82, 2.24) is 20.2 Å². The van der Waals surface area contributed by atoms with Crippen LogP contribution in [0.5, 0.6) is 11.5 Å². The second kappa shape index (κ2) is 7.07. The SMILES string of the molecule is N#CN1CC2C[C@]2(NC(=O)c2ncc(-c3cnccc3Oc3ccc(F)cc3)s2)C1. The van der Waals surface area contributed by atoms with Gasteiger partial charge in [0.1, 0.15) is 17.3 Å². The molecule has 1 saturated carbocycles. The quantitative estimate of drug-likeness (QED) is 0.635. The highest BCUT2D eigenvalue weighted by Crippen LogP contribution is 2.49. The van der Waals surface area contributed by atoms with Gasteiger partial charge in [-0.3, -0.25) is 9.78 Å². The Hall–Kier alpha value is -3.51. The molecule has 7 nitrogen and oxygen atoms in total. The number of nitriles is 1. The lowest BCUT2D eigenvalue weighted by Crippen LogP contribution is -2.41. The number of aromatic nitrogens is 2. The van der Waals surface area contributed by atoms with Crippen molar-refractivity contribution in [2.75, 3.05) is 13.1 Å². The summed E-state index contributed by atoms with van der Waals surface area (Å²) in [5.41, 5.74) is 0.390. The van der Waals surface area contributed by atoms with Crippen molar-refractivity contribution in [2.45, 2.75) is 12.0 Å². The zero-order valence-corrected chi connectivity index (χ0v) is 16.5. The Labute approximate surface area is 175 Å². The number of piperidine rings is 1. The number of hydrogen-bond acceptors (Lipinski definition) is 7. The Bertz CT molecular complexity index is 1160. The number of benzene rings is 1. The number of pyridine rings is 1. The van der Waals surface area contributed by atoms with Gasteiger partial charge in [0.25, 0.3) is 5.91 Å².